The second-order valence-electron chi connectivity index (χ2n) is 8.45. The first-order chi connectivity index (χ1) is 14.5. The molecule has 2 aliphatic heterocycles. The fraction of sp³-hybridized carbons (Fsp3) is 0.375. The highest BCUT2D eigenvalue weighted by Gasteiger charge is 2.39. The number of aromatic carboxylic acids is 1. The van der Waals surface area contributed by atoms with Crippen molar-refractivity contribution in [3.8, 4) is 5.75 Å². The average Bonchev–Trinajstić information content (AvgIpc) is 3.22. The van der Waals surface area contributed by atoms with Gasteiger partial charge in [-0.2, -0.15) is 0 Å². The van der Waals surface area contributed by atoms with E-state index in [1.165, 1.54) is 28.5 Å². The molecule has 6 nitrogen and oxygen atoms in total. The molecular formula is C24H27N3O3. The first-order valence-corrected chi connectivity index (χ1v) is 10.5. The van der Waals surface area contributed by atoms with Crippen molar-refractivity contribution in [2.24, 2.45) is 0 Å². The molecule has 1 unspecified atom stereocenters. The van der Waals surface area contributed by atoms with Crippen LogP contribution in [0.15, 0.2) is 42.6 Å². The first kappa shape index (κ1) is 19.2. The largest absolute Gasteiger partial charge is 0.496 e. The molecule has 1 aromatic heterocycles. The average molecular weight is 405 g/mol. The molecule has 2 aliphatic rings. The maximum absolute atomic E-state index is 11.3. The predicted molar refractivity (Wildman–Crippen MR) is 116 cm³/mol. The van der Waals surface area contributed by atoms with Crippen LogP contribution in [-0.4, -0.2) is 58.6 Å². The quantitative estimate of drug-likeness (QED) is 0.676. The zero-order chi connectivity index (χ0) is 20.8. The molecule has 2 saturated heterocycles. The molecule has 2 aromatic carbocycles. The van der Waals surface area contributed by atoms with E-state index in [4.69, 9.17) is 4.74 Å². The topological polar surface area (TPSA) is 68.8 Å². The number of hydrogen-bond acceptors (Lipinski definition) is 4. The van der Waals surface area contributed by atoms with Gasteiger partial charge < -0.3 is 14.8 Å². The van der Waals surface area contributed by atoms with Crippen molar-refractivity contribution in [3.63, 3.8) is 0 Å². The molecule has 5 rings (SSSR count). The highest BCUT2D eigenvalue weighted by atomic mass is 16.5. The van der Waals surface area contributed by atoms with Gasteiger partial charge >= 0.3 is 5.97 Å². The number of carboxylic acids is 1. The summed E-state index contributed by atoms with van der Waals surface area (Å²) in [5.74, 6) is 0.0414. The molecule has 3 heterocycles. The Morgan fingerprint density at radius 2 is 2.03 bits per heavy atom. The van der Waals surface area contributed by atoms with Crippen LogP contribution in [0.1, 0.15) is 39.5 Å². The van der Waals surface area contributed by atoms with Gasteiger partial charge in [0, 0.05) is 60.9 Å². The van der Waals surface area contributed by atoms with Crippen molar-refractivity contribution in [1.82, 2.24) is 14.8 Å². The smallest absolute Gasteiger partial charge is 0.335 e. The lowest BCUT2D eigenvalue weighted by Gasteiger charge is -2.52. The van der Waals surface area contributed by atoms with E-state index in [0.717, 1.165) is 37.4 Å². The zero-order valence-corrected chi connectivity index (χ0v) is 17.4. The molecule has 0 bridgehead atoms. The third kappa shape index (κ3) is 3.16. The summed E-state index contributed by atoms with van der Waals surface area (Å²) in [4.78, 5) is 19.7. The maximum atomic E-state index is 11.3. The van der Waals surface area contributed by atoms with Crippen LogP contribution in [0.4, 0.5) is 0 Å². The number of fused-ring (bicyclic) bond motifs is 2. The lowest BCUT2D eigenvalue weighted by molar-refractivity contribution is -0.0331. The Labute approximate surface area is 176 Å². The van der Waals surface area contributed by atoms with E-state index in [1.807, 2.05) is 18.3 Å². The van der Waals surface area contributed by atoms with Crippen molar-refractivity contribution >= 4 is 16.9 Å². The Kier molecular flexibility index (Phi) is 4.76. The minimum atomic E-state index is -0.885. The summed E-state index contributed by atoms with van der Waals surface area (Å²) < 4.78 is 5.77. The molecule has 2 atom stereocenters. The van der Waals surface area contributed by atoms with E-state index in [9.17, 15) is 9.90 Å². The van der Waals surface area contributed by atoms with Gasteiger partial charge in [0.2, 0.25) is 0 Å². The van der Waals surface area contributed by atoms with Gasteiger partial charge in [0.25, 0.3) is 0 Å². The predicted octanol–water partition coefficient (Wildman–Crippen LogP) is 3.81. The molecule has 0 amide bonds. The molecule has 0 spiro atoms. The summed E-state index contributed by atoms with van der Waals surface area (Å²) >= 11 is 0. The normalized spacial score (nSPS) is 21.9. The Balaban J connectivity index is 1.51. The number of methoxy groups -OCH3 is 1. The van der Waals surface area contributed by atoms with Crippen molar-refractivity contribution in [1.29, 1.82) is 0 Å². The number of piperazine rings is 1. The Bertz CT molecular complexity index is 1090. The van der Waals surface area contributed by atoms with Gasteiger partial charge in [0.05, 0.1) is 12.7 Å². The van der Waals surface area contributed by atoms with E-state index in [0.29, 0.717) is 11.6 Å². The van der Waals surface area contributed by atoms with Gasteiger partial charge in [-0.15, -0.1) is 0 Å². The molecule has 30 heavy (non-hydrogen) atoms. The molecule has 0 aliphatic carbocycles. The number of aromatic amines is 1. The van der Waals surface area contributed by atoms with Crippen LogP contribution in [0, 0.1) is 6.92 Å². The molecule has 2 fully saturated rings. The van der Waals surface area contributed by atoms with Gasteiger partial charge in [-0.25, -0.2) is 4.79 Å². The number of rotatable bonds is 5. The molecule has 0 saturated carbocycles. The van der Waals surface area contributed by atoms with Crippen LogP contribution in [-0.2, 0) is 6.54 Å². The second kappa shape index (κ2) is 7.45. The Hall–Kier alpha value is -2.83. The number of hydrogen-bond donors (Lipinski definition) is 2. The highest BCUT2D eigenvalue weighted by molar-refractivity contribution is 5.88. The fourth-order valence-electron chi connectivity index (χ4n) is 5.00. The van der Waals surface area contributed by atoms with Gasteiger partial charge in [-0.05, 0) is 48.7 Å². The SMILES string of the molecule is COc1cc(C)c2[nH]ccc2c1CN1C[C@H]2CCN2CC1c1ccc(C(=O)O)cc1. The number of carboxylic acid groups (broad SMARTS) is 1. The molecular weight excluding hydrogens is 378 g/mol. The number of benzene rings is 2. The van der Waals surface area contributed by atoms with E-state index < -0.39 is 5.97 Å². The van der Waals surface area contributed by atoms with E-state index in [-0.39, 0.29) is 6.04 Å². The van der Waals surface area contributed by atoms with Crippen LogP contribution in [0.5, 0.6) is 5.75 Å². The van der Waals surface area contributed by atoms with Crippen LogP contribution in [0.25, 0.3) is 10.9 Å². The van der Waals surface area contributed by atoms with Crippen molar-refractivity contribution in [2.75, 3.05) is 26.7 Å². The summed E-state index contributed by atoms with van der Waals surface area (Å²) in [7, 11) is 1.74. The van der Waals surface area contributed by atoms with Gasteiger partial charge in [0.15, 0.2) is 0 Å². The monoisotopic (exact) mass is 405 g/mol. The van der Waals surface area contributed by atoms with Crippen LogP contribution >= 0.6 is 0 Å². The minimum absolute atomic E-state index is 0.226. The van der Waals surface area contributed by atoms with Crippen LogP contribution in [0.2, 0.25) is 0 Å². The third-order valence-electron chi connectivity index (χ3n) is 6.79. The summed E-state index contributed by atoms with van der Waals surface area (Å²) in [6.45, 7) is 6.03. The number of ether oxygens (including phenoxy) is 1. The number of H-pyrrole nitrogens is 1. The van der Waals surface area contributed by atoms with Gasteiger partial charge in [-0.1, -0.05) is 12.1 Å². The standard InChI is InChI=1S/C24H27N3O3/c1-15-11-22(30-2)20(19-7-9-25-23(15)19)13-27-12-18-8-10-26(18)14-21(27)16-3-5-17(6-4-16)24(28)29/h3-7,9,11,18,21,25H,8,10,12-14H2,1-2H3,(H,28,29)/t18-,21?/m1/s1. The van der Waals surface area contributed by atoms with Crippen molar-refractivity contribution in [3.05, 3.63) is 64.8 Å². The van der Waals surface area contributed by atoms with Crippen LogP contribution < -0.4 is 4.74 Å². The van der Waals surface area contributed by atoms with Crippen molar-refractivity contribution in [2.45, 2.75) is 32.0 Å². The summed E-state index contributed by atoms with van der Waals surface area (Å²) in [6.07, 6.45) is 3.23. The summed E-state index contributed by atoms with van der Waals surface area (Å²) in [5, 5.41) is 10.5. The van der Waals surface area contributed by atoms with Crippen molar-refractivity contribution < 1.29 is 14.6 Å². The molecule has 0 radical (unpaired) electrons. The zero-order valence-electron chi connectivity index (χ0n) is 17.4. The Morgan fingerprint density at radius 1 is 1.23 bits per heavy atom. The number of aromatic nitrogens is 1. The van der Waals surface area contributed by atoms with Gasteiger partial charge in [0.1, 0.15) is 5.75 Å². The van der Waals surface area contributed by atoms with E-state index in [1.54, 1.807) is 19.2 Å². The van der Waals surface area contributed by atoms with E-state index >= 15 is 0 Å². The highest BCUT2D eigenvalue weighted by Crippen LogP contribution is 2.38. The summed E-state index contributed by atoms with van der Waals surface area (Å²) in [5.41, 5.74) is 5.05. The minimum Gasteiger partial charge on any atom is -0.496 e. The lowest BCUT2D eigenvalue weighted by Crippen LogP contribution is -2.60. The lowest BCUT2D eigenvalue weighted by atomic mass is 9.91. The third-order valence-corrected chi connectivity index (χ3v) is 6.79. The number of carbonyl (C=O) groups is 1. The number of aryl methyl sites for hydroxylation is 1. The number of nitrogens with zero attached hydrogens (tertiary/aromatic N) is 2. The fourth-order valence-corrected chi connectivity index (χ4v) is 5.00. The van der Waals surface area contributed by atoms with Crippen LogP contribution in [0.3, 0.4) is 0 Å². The van der Waals surface area contributed by atoms with E-state index in [2.05, 4.69) is 33.8 Å². The molecule has 156 valence electrons. The Morgan fingerprint density at radius 3 is 2.70 bits per heavy atom. The maximum Gasteiger partial charge on any atom is 0.335 e. The molecule has 2 N–H and O–H groups in total. The van der Waals surface area contributed by atoms with Gasteiger partial charge in [-0.3, -0.25) is 9.80 Å². The summed E-state index contributed by atoms with van der Waals surface area (Å²) in [6, 6.07) is 12.5. The first-order valence-electron chi connectivity index (χ1n) is 10.5. The second-order valence-corrected chi connectivity index (χ2v) is 8.45. The number of nitrogens with one attached hydrogen (secondary N) is 1. The molecule has 6 heteroatoms. The molecule has 3 aromatic rings.